The van der Waals surface area contributed by atoms with Gasteiger partial charge in [-0.1, -0.05) is 6.07 Å². The summed E-state index contributed by atoms with van der Waals surface area (Å²) in [5.74, 6) is 2.15. The quantitative estimate of drug-likeness (QED) is 0.405. The Morgan fingerprint density at radius 2 is 2.09 bits per heavy atom. The van der Waals surface area contributed by atoms with Crippen LogP contribution in [0, 0.1) is 0 Å². The highest BCUT2D eigenvalue weighted by Crippen LogP contribution is 2.13. The van der Waals surface area contributed by atoms with Crippen LogP contribution in [0.5, 0.6) is 5.88 Å². The van der Waals surface area contributed by atoms with Gasteiger partial charge in [-0.3, -0.25) is 9.67 Å². The number of aromatic nitrogens is 4. The van der Waals surface area contributed by atoms with Gasteiger partial charge in [0.25, 0.3) is 0 Å². The summed E-state index contributed by atoms with van der Waals surface area (Å²) < 4.78 is 7.22. The molecule has 0 radical (unpaired) electrons. The fourth-order valence-corrected chi connectivity index (χ4v) is 1.87. The molecule has 2 N–H and O–H groups in total. The zero-order valence-electron chi connectivity index (χ0n) is 13.5. The van der Waals surface area contributed by atoms with Gasteiger partial charge < -0.3 is 15.4 Å². The molecule has 0 amide bonds. The first-order chi connectivity index (χ1) is 10.7. The molecule has 2 aromatic rings. The van der Waals surface area contributed by atoms with E-state index in [2.05, 4.69) is 30.7 Å². The lowest BCUT2D eigenvalue weighted by Crippen LogP contribution is -2.37. The van der Waals surface area contributed by atoms with E-state index in [4.69, 9.17) is 4.74 Å². The Hall–Kier alpha value is -1.91. The number of hydrogen-bond donors (Lipinski definition) is 2. The van der Waals surface area contributed by atoms with E-state index in [1.807, 2.05) is 26.1 Å². The van der Waals surface area contributed by atoms with Crippen molar-refractivity contribution in [2.24, 2.45) is 12.0 Å². The minimum absolute atomic E-state index is 0. The van der Waals surface area contributed by atoms with Gasteiger partial charge in [0.1, 0.15) is 12.2 Å². The number of rotatable bonds is 6. The number of ether oxygens (including phenoxy) is 1. The summed E-state index contributed by atoms with van der Waals surface area (Å²) in [5.41, 5.74) is 0.978. The van der Waals surface area contributed by atoms with Gasteiger partial charge in [-0.15, -0.1) is 24.0 Å². The maximum atomic E-state index is 5.50. The number of nitrogens with zero attached hydrogens (tertiary/aromatic N) is 5. The first kappa shape index (κ1) is 19.1. The second-order valence-corrected chi connectivity index (χ2v) is 4.48. The lowest BCUT2D eigenvalue weighted by molar-refractivity contribution is 0.322. The molecule has 0 atom stereocenters. The average molecular weight is 431 g/mol. The van der Waals surface area contributed by atoms with Crippen LogP contribution in [-0.2, 0) is 20.1 Å². The Labute approximate surface area is 152 Å². The molecule has 2 aromatic heterocycles. The average Bonchev–Trinajstić information content (AvgIpc) is 2.94. The van der Waals surface area contributed by atoms with Gasteiger partial charge in [-0.25, -0.2) is 9.97 Å². The third-order valence-electron chi connectivity index (χ3n) is 3.02. The van der Waals surface area contributed by atoms with Gasteiger partial charge >= 0.3 is 0 Å². The number of nitrogens with one attached hydrogen (secondary N) is 2. The molecule has 0 fully saturated rings. The van der Waals surface area contributed by atoms with Crippen LogP contribution in [0.2, 0.25) is 0 Å². The first-order valence-corrected chi connectivity index (χ1v) is 7.08. The van der Waals surface area contributed by atoms with E-state index in [0.717, 1.165) is 11.4 Å². The smallest absolute Gasteiger partial charge is 0.218 e. The molecule has 0 aliphatic carbocycles. The van der Waals surface area contributed by atoms with Gasteiger partial charge in [0.15, 0.2) is 5.96 Å². The molecule has 0 spiro atoms. The Bertz CT molecular complexity index is 629. The predicted molar refractivity (Wildman–Crippen MR) is 98.9 cm³/mol. The van der Waals surface area contributed by atoms with Crippen molar-refractivity contribution in [3.63, 3.8) is 0 Å². The first-order valence-electron chi connectivity index (χ1n) is 7.08. The van der Waals surface area contributed by atoms with Gasteiger partial charge in [-0.2, -0.15) is 5.10 Å². The van der Waals surface area contributed by atoms with Crippen molar-refractivity contribution in [1.82, 2.24) is 30.4 Å². The van der Waals surface area contributed by atoms with Crippen LogP contribution >= 0.6 is 24.0 Å². The molecule has 126 valence electrons. The Balaban J connectivity index is 0.00000264. The largest absolute Gasteiger partial charge is 0.478 e. The molecule has 0 saturated carbocycles. The van der Waals surface area contributed by atoms with E-state index in [9.17, 15) is 0 Å². The number of pyridine rings is 1. The molecular weight excluding hydrogens is 409 g/mol. The molecular formula is C14H22IN7O. The van der Waals surface area contributed by atoms with Crippen LogP contribution in [0.3, 0.4) is 0 Å². The van der Waals surface area contributed by atoms with Crippen molar-refractivity contribution in [2.45, 2.75) is 20.0 Å². The molecule has 23 heavy (non-hydrogen) atoms. The van der Waals surface area contributed by atoms with E-state index in [-0.39, 0.29) is 24.0 Å². The van der Waals surface area contributed by atoms with Crippen molar-refractivity contribution in [1.29, 1.82) is 0 Å². The minimum Gasteiger partial charge on any atom is -0.478 e. The Morgan fingerprint density at radius 1 is 1.30 bits per heavy atom. The topological polar surface area (TPSA) is 89.2 Å². The number of hydrogen-bond acceptors (Lipinski definition) is 5. The number of aryl methyl sites for hydroxylation is 1. The van der Waals surface area contributed by atoms with Crippen LogP contribution in [0.4, 0.5) is 0 Å². The van der Waals surface area contributed by atoms with E-state index < -0.39 is 0 Å². The summed E-state index contributed by atoms with van der Waals surface area (Å²) in [6, 6.07) is 3.86. The number of guanidine groups is 1. The second kappa shape index (κ2) is 9.98. The summed E-state index contributed by atoms with van der Waals surface area (Å²) in [5, 5.41) is 10.4. The lowest BCUT2D eigenvalue weighted by atomic mass is 10.2. The number of halogens is 1. The maximum Gasteiger partial charge on any atom is 0.218 e. The summed E-state index contributed by atoms with van der Waals surface area (Å²) in [6.07, 6.45) is 3.24. The fraction of sp³-hybridized carbons (Fsp3) is 0.429. The summed E-state index contributed by atoms with van der Waals surface area (Å²) in [7, 11) is 3.57. The highest BCUT2D eigenvalue weighted by molar-refractivity contribution is 14.0. The summed E-state index contributed by atoms with van der Waals surface area (Å²) in [4.78, 5) is 12.6. The molecule has 0 saturated heterocycles. The van der Waals surface area contributed by atoms with Crippen molar-refractivity contribution in [3.05, 3.63) is 36.0 Å². The molecule has 8 nitrogen and oxygen atoms in total. The van der Waals surface area contributed by atoms with Crippen molar-refractivity contribution in [2.75, 3.05) is 13.7 Å². The van der Waals surface area contributed by atoms with E-state index >= 15 is 0 Å². The van der Waals surface area contributed by atoms with E-state index in [0.29, 0.717) is 31.5 Å². The van der Waals surface area contributed by atoms with E-state index in [1.54, 1.807) is 17.9 Å². The fourth-order valence-electron chi connectivity index (χ4n) is 1.87. The molecule has 0 aliphatic rings. The standard InChI is InChI=1S/C14H21N7O.HI/c1-4-22-13-11(6-5-7-16-13)8-17-14(15-2)18-9-12-19-10-20-21(12)3;/h5-7,10H,4,8-9H2,1-3H3,(H2,15,17,18);1H. The third kappa shape index (κ3) is 5.66. The number of aliphatic imine (C=N–C) groups is 1. The summed E-state index contributed by atoms with van der Waals surface area (Å²) >= 11 is 0. The van der Waals surface area contributed by atoms with Gasteiger partial charge in [0.2, 0.25) is 5.88 Å². The van der Waals surface area contributed by atoms with Gasteiger partial charge in [0, 0.05) is 32.4 Å². The van der Waals surface area contributed by atoms with E-state index in [1.165, 1.54) is 6.33 Å². The Morgan fingerprint density at radius 3 is 2.74 bits per heavy atom. The van der Waals surface area contributed by atoms with Crippen molar-refractivity contribution in [3.8, 4) is 5.88 Å². The SMILES string of the molecule is CCOc1ncccc1CNC(=NC)NCc1ncnn1C.I. The van der Waals surface area contributed by atoms with Crippen LogP contribution in [0.1, 0.15) is 18.3 Å². The van der Waals surface area contributed by atoms with Crippen LogP contribution in [-0.4, -0.2) is 39.4 Å². The van der Waals surface area contributed by atoms with Crippen LogP contribution in [0.15, 0.2) is 29.6 Å². The minimum atomic E-state index is 0. The van der Waals surface area contributed by atoms with Crippen LogP contribution in [0.25, 0.3) is 0 Å². The highest BCUT2D eigenvalue weighted by atomic mass is 127. The Kier molecular flexibility index (Phi) is 8.30. The van der Waals surface area contributed by atoms with Gasteiger partial charge in [0.05, 0.1) is 13.2 Å². The molecule has 0 aromatic carbocycles. The second-order valence-electron chi connectivity index (χ2n) is 4.48. The molecule has 0 unspecified atom stereocenters. The zero-order valence-corrected chi connectivity index (χ0v) is 15.8. The molecule has 9 heteroatoms. The predicted octanol–water partition coefficient (Wildman–Crippen LogP) is 1.09. The van der Waals surface area contributed by atoms with Crippen molar-refractivity contribution < 1.29 is 4.74 Å². The summed E-state index contributed by atoms with van der Waals surface area (Å²) in [6.45, 7) is 3.64. The molecule has 0 aliphatic heterocycles. The molecule has 2 rings (SSSR count). The normalized spacial score (nSPS) is 10.8. The third-order valence-corrected chi connectivity index (χ3v) is 3.02. The molecule has 0 bridgehead atoms. The van der Waals surface area contributed by atoms with Crippen molar-refractivity contribution >= 4 is 29.9 Å². The maximum absolute atomic E-state index is 5.50. The lowest BCUT2D eigenvalue weighted by Gasteiger charge is -2.13. The highest BCUT2D eigenvalue weighted by Gasteiger charge is 2.06. The zero-order chi connectivity index (χ0) is 15.8. The molecule has 2 heterocycles. The monoisotopic (exact) mass is 431 g/mol. The van der Waals surface area contributed by atoms with Crippen LogP contribution < -0.4 is 15.4 Å². The van der Waals surface area contributed by atoms with Gasteiger partial charge in [-0.05, 0) is 13.0 Å².